The summed E-state index contributed by atoms with van der Waals surface area (Å²) in [6.07, 6.45) is 1.53. The van der Waals surface area contributed by atoms with E-state index in [1.54, 1.807) is 0 Å². The van der Waals surface area contributed by atoms with Gasteiger partial charge in [0.25, 0.3) is 17.3 Å². The van der Waals surface area contributed by atoms with E-state index in [9.17, 15) is 25.0 Å². The number of carbonyl (C=O) groups excluding carboxylic acids is 1. The topological polar surface area (TPSA) is 133 Å². The molecule has 3 aromatic rings. The van der Waals surface area contributed by atoms with E-state index in [0.717, 1.165) is 0 Å². The maximum absolute atomic E-state index is 12.2. The molecule has 0 bridgehead atoms. The van der Waals surface area contributed by atoms with Gasteiger partial charge in [-0.25, -0.2) is 4.68 Å². The Morgan fingerprint density at radius 2 is 1.65 bits per heavy atom. The SMILES string of the molecule is O=C(Nc1cccc([N+](=O)[O-])c1)c1ccn(-c2ccc([N+](=O)[O-])cc2)n1. The molecule has 3 rings (SSSR count). The van der Waals surface area contributed by atoms with Crippen molar-refractivity contribution < 1.29 is 14.6 Å². The molecule has 10 heteroatoms. The number of nitrogens with zero attached hydrogens (tertiary/aromatic N) is 4. The molecule has 0 unspecified atom stereocenters. The number of amides is 1. The average molecular weight is 353 g/mol. The second kappa shape index (κ2) is 6.81. The van der Waals surface area contributed by atoms with Gasteiger partial charge in [0.2, 0.25) is 0 Å². The van der Waals surface area contributed by atoms with Crippen LogP contribution in [-0.4, -0.2) is 25.5 Å². The van der Waals surface area contributed by atoms with Gasteiger partial charge in [0.05, 0.1) is 15.5 Å². The number of nitro groups is 2. The summed E-state index contributed by atoms with van der Waals surface area (Å²) in [5.41, 5.74) is 0.720. The highest BCUT2D eigenvalue weighted by Gasteiger charge is 2.13. The molecule has 26 heavy (non-hydrogen) atoms. The first-order chi connectivity index (χ1) is 12.4. The van der Waals surface area contributed by atoms with Crippen LogP contribution >= 0.6 is 0 Å². The zero-order valence-corrected chi connectivity index (χ0v) is 13.1. The van der Waals surface area contributed by atoms with E-state index in [2.05, 4.69) is 10.4 Å². The van der Waals surface area contributed by atoms with Crippen molar-refractivity contribution in [1.82, 2.24) is 9.78 Å². The number of non-ortho nitro benzene ring substituents is 2. The summed E-state index contributed by atoms with van der Waals surface area (Å²) in [5, 5.41) is 28.1. The van der Waals surface area contributed by atoms with Crippen LogP contribution in [0.4, 0.5) is 17.1 Å². The molecule has 10 nitrogen and oxygen atoms in total. The first-order valence-corrected chi connectivity index (χ1v) is 7.30. The van der Waals surface area contributed by atoms with Gasteiger partial charge in [0.15, 0.2) is 5.69 Å². The van der Waals surface area contributed by atoms with Gasteiger partial charge in [-0.2, -0.15) is 5.10 Å². The molecule has 0 atom stereocenters. The lowest BCUT2D eigenvalue weighted by atomic mass is 10.2. The minimum absolute atomic E-state index is 0.0513. The first-order valence-electron chi connectivity index (χ1n) is 7.30. The van der Waals surface area contributed by atoms with Gasteiger partial charge < -0.3 is 5.32 Å². The Morgan fingerprint density at radius 3 is 2.31 bits per heavy atom. The maximum Gasteiger partial charge on any atom is 0.276 e. The largest absolute Gasteiger partial charge is 0.320 e. The van der Waals surface area contributed by atoms with E-state index in [1.807, 2.05) is 0 Å². The zero-order chi connectivity index (χ0) is 18.7. The van der Waals surface area contributed by atoms with Gasteiger partial charge in [0, 0.05) is 36.1 Å². The molecule has 1 amide bonds. The average Bonchev–Trinajstić information content (AvgIpc) is 3.12. The van der Waals surface area contributed by atoms with Crippen molar-refractivity contribution in [3.63, 3.8) is 0 Å². The van der Waals surface area contributed by atoms with Crippen LogP contribution in [0.2, 0.25) is 0 Å². The third-order valence-electron chi connectivity index (χ3n) is 3.46. The number of nitro benzene ring substituents is 2. The Labute approximate surface area is 146 Å². The molecule has 1 heterocycles. The van der Waals surface area contributed by atoms with Crippen molar-refractivity contribution in [1.29, 1.82) is 0 Å². The summed E-state index contributed by atoms with van der Waals surface area (Å²) in [6.45, 7) is 0. The molecular formula is C16H11N5O5. The number of benzene rings is 2. The molecule has 0 aliphatic rings. The number of aromatic nitrogens is 2. The van der Waals surface area contributed by atoms with Gasteiger partial charge in [-0.3, -0.25) is 25.0 Å². The predicted molar refractivity (Wildman–Crippen MR) is 91.3 cm³/mol. The lowest BCUT2D eigenvalue weighted by Crippen LogP contribution is -2.13. The van der Waals surface area contributed by atoms with Crippen molar-refractivity contribution in [2.75, 3.05) is 5.32 Å². The fourth-order valence-electron chi connectivity index (χ4n) is 2.21. The molecule has 1 N–H and O–H groups in total. The third-order valence-corrected chi connectivity index (χ3v) is 3.46. The maximum atomic E-state index is 12.2. The second-order valence-corrected chi connectivity index (χ2v) is 5.18. The first kappa shape index (κ1) is 16.8. The van der Waals surface area contributed by atoms with Crippen molar-refractivity contribution >= 4 is 23.0 Å². The highest BCUT2D eigenvalue weighted by molar-refractivity contribution is 6.02. The van der Waals surface area contributed by atoms with E-state index < -0.39 is 15.8 Å². The van der Waals surface area contributed by atoms with E-state index in [4.69, 9.17) is 0 Å². The number of carbonyl (C=O) groups is 1. The van der Waals surface area contributed by atoms with Crippen molar-refractivity contribution in [2.45, 2.75) is 0 Å². The number of hydrogen-bond acceptors (Lipinski definition) is 6. The van der Waals surface area contributed by atoms with E-state index >= 15 is 0 Å². The Bertz CT molecular complexity index is 996. The van der Waals surface area contributed by atoms with Crippen molar-refractivity contribution in [2.24, 2.45) is 0 Å². The summed E-state index contributed by atoms with van der Waals surface area (Å²) < 4.78 is 1.39. The molecular weight excluding hydrogens is 342 g/mol. The summed E-state index contributed by atoms with van der Waals surface area (Å²) in [5.74, 6) is -0.536. The molecule has 0 radical (unpaired) electrons. The molecule has 0 spiro atoms. The van der Waals surface area contributed by atoms with Crippen LogP contribution in [0.25, 0.3) is 5.69 Å². The molecule has 130 valence electrons. The van der Waals surface area contributed by atoms with Crippen LogP contribution in [-0.2, 0) is 0 Å². The quantitative estimate of drug-likeness (QED) is 0.554. The van der Waals surface area contributed by atoms with Crippen LogP contribution in [0, 0.1) is 20.2 Å². The summed E-state index contributed by atoms with van der Waals surface area (Å²) in [7, 11) is 0. The molecule has 0 saturated carbocycles. The molecule has 0 aliphatic heterocycles. The number of hydrogen-bond donors (Lipinski definition) is 1. The lowest BCUT2D eigenvalue weighted by Gasteiger charge is -2.03. The highest BCUT2D eigenvalue weighted by atomic mass is 16.6. The fourth-order valence-corrected chi connectivity index (χ4v) is 2.21. The van der Waals surface area contributed by atoms with Gasteiger partial charge in [0.1, 0.15) is 0 Å². The molecule has 0 saturated heterocycles. The zero-order valence-electron chi connectivity index (χ0n) is 13.1. The monoisotopic (exact) mass is 353 g/mol. The number of anilines is 1. The minimum Gasteiger partial charge on any atom is -0.320 e. The van der Waals surface area contributed by atoms with E-state index in [1.165, 1.54) is 65.5 Å². The Balaban J connectivity index is 1.76. The van der Waals surface area contributed by atoms with Crippen LogP contribution in [0.1, 0.15) is 10.5 Å². The van der Waals surface area contributed by atoms with Crippen molar-refractivity contribution in [3.05, 3.63) is 86.7 Å². The normalized spacial score (nSPS) is 10.3. The molecule has 0 aliphatic carbocycles. The lowest BCUT2D eigenvalue weighted by molar-refractivity contribution is -0.385. The Kier molecular flexibility index (Phi) is 4.39. The smallest absolute Gasteiger partial charge is 0.276 e. The van der Waals surface area contributed by atoms with E-state index in [0.29, 0.717) is 5.69 Å². The van der Waals surface area contributed by atoms with Crippen LogP contribution in [0.15, 0.2) is 60.8 Å². The van der Waals surface area contributed by atoms with E-state index in [-0.39, 0.29) is 22.8 Å². The Hall–Kier alpha value is -4.08. The number of rotatable bonds is 5. The Morgan fingerprint density at radius 1 is 0.962 bits per heavy atom. The molecule has 2 aromatic carbocycles. The second-order valence-electron chi connectivity index (χ2n) is 5.18. The standard InChI is InChI=1S/C16H11N5O5/c22-16(17-11-2-1-3-14(10-11)21(25)26)15-8-9-19(18-15)12-4-6-13(7-5-12)20(23)24/h1-10H,(H,17,22). The number of nitrogens with one attached hydrogen (secondary N) is 1. The van der Waals surface area contributed by atoms with Crippen LogP contribution in [0.3, 0.4) is 0 Å². The summed E-state index contributed by atoms with van der Waals surface area (Å²) in [4.78, 5) is 32.6. The summed E-state index contributed by atoms with van der Waals surface area (Å²) in [6, 6.07) is 12.7. The minimum atomic E-state index is -0.557. The molecule has 0 fully saturated rings. The van der Waals surface area contributed by atoms with Gasteiger partial charge in [-0.05, 0) is 24.3 Å². The van der Waals surface area contributed by atoms with Gasteiger partial charge in [-0.1, -0.05) is 6.07 Å². The van der Waals surface area contributed by atoms with Crippen LogP contribution in [0.5, 0.6) is 0 Å². The molecule has 1 aromatic heterocycles. The predicted octanol–water partition coefficient (Wildman–Crippen LogP) is 2.94. The fraction of sp³-hybridized carbons (Fsp3) is 0. The van der Waals surface area contributed by atoms with Gasteiger partial charge >= 0.3 is 0 Å². The third kappa shape index (κ3) is 3.53. The highest BCUT2D eigenvalue weighted by Crippen LogP contribution is 2.18. The summed E-state index contributed by atoms with van der Waals surface area (Å²) >= 11 is 0. The van der Waals surface area contributed by atoms with Crippen molar-refractivity contribution in [3.8, 4) is 5.69 Å². The van der Waals surface area contributed by atoms with Gasteiger partial charge in [-0.15, -0.1) is 0 Å². The van der Waals surface area contributed by atoms with Crippen LogP contribution < -0.4 is 5.32 Å².